The van der Waals surface area contributed by atoms with Crippen LogP contribution in [0, 0.1) is 6.92 Å². The maximum atomic E-state index is 12.4. The fourth-order valence-corrected chi connectivity index (χ4v) is 3.29. The fraction of sp³-hybridized carbons (Fsp3) is 0.154. The fourth-order valence-electron chi connectivity index (χ4n) is 1.97. The van der Waals surface area contributed by atoms with E-state index in [1.165, 1.54) is 31.2 Å². The first-order valence-electron chi connectivity index (χ1n) is 6.29. The third kappa shape index (κ3) is 3.31. The molecule has 122 valence electrons. The molecule has 1 aromatic carbocycles. The van der Waals surface area contributed by atoms with E-state index in [0.29, 0.717) is 0 Å². The second kappa shape index (κ2) is 6.08. The van der Waals surface area contributed by atoms with Gasteiger partial charge in [0.25, 0.3) is 15.6 Å². The lowest BCUT2D eigenvalue weighted by Gasteiger charge is -2.11. The Bertz CT molecular complexity index is 974. The molecular formula is C13H13N3O6S. The molecule has 0 spiro atoms. The summed E-state index contributed by atoms with van der Waals surface area (Å²) in [5.41, 5.74) is -2.07. The van der Waals surface area contributed by atoms with Gasteiger partial charge in [0.05, 0.1) is 18.4 Å². The predicted octanol–water partition coefficient (Wildman–Crippen LogP) is -0.0410. The average molecular weight is 339 g/mol. The number of nitrogens with one attached hydrogen (secondary N) is 3. The van der Waals surface area contributed by atoms with Crippen LogP contribution in [-0.2, 0) is 14.8 Å². The molecule has 0 aliphatic heterocycles. The van der Waals surface area contributed by atoms with E-state index in [4.69, 9.17) is 0 Å². The highest BCUT2D eigenvalue weighted by atomic mass is 32.2. The molecule has 0 atom stereocenters. The number of hydrogen-bond donors (Lipinski definition) is 3. The van der Waals surface area contributed by atoms with Gasteiger partial charge in [0, 0.05) is 5.69 Å². The van der Waals surface area contributed by atoms with E-state index in [1.54, 1.807) is 0 Å². The lowest BCUT2D eigenvalue weighted by molar-refractivity contribution is 0.0602. The summed E-state index contributed by atoms with van der Waals surface area (Å²) in [7, 11) is -3.17. The number of hydrogen-bond acceptors (Lipinski definition) is 6. The lowest BCUT2D eigenvalue weighted by atomic mass is 10.2. The second-order valence-corrected chi connectivity index (χ2v) is 6.12. The van der Waals surface area contributed by atoms with Crippen LogP contribution in [0.3, 0.4) is 0 Å². The van der Waals surface area contributed by atoms with Crippen LogP contribution in [0.25, 0.3) is 0 Å². The van der Waals surface area contributed by atoms with Gasteiger partial charge in [-0.2, -0.15) is 0 Å². The van der Waals surface area contributed by atoms with Crippen LogP contribution < -0.4 is 16.0 Å². The van der Waals surface area contributed by atoms with Crippen LogP contribution in [0.15, 0.2) is 38.8 Å². The van der Waals surface area contributed by atoms with Gasteiger partial charge in [-0.1, -0.05) is 12.1 Å². The number of H-pyrrole nitrogens is 2. The molecule has 0 saturated heterocycles. The van der Waals surface area contributed by atoms with Gasteiger partial charge in [0.15, 0.2) is 4.90 Å². The number of esters is 1. The Morgan fingerprint density at radius 3 is 2.43 bits per heavy atom. The van der Waals surface area contributed by atoms with Crippen molar-refractivity contribution in [2.75, 3.05) is 11.8 Å². The van der Waals surface area contributed by atoms with Gasteiger partial charge in [-0.3, -0.25) is 14.5 Å². The standard InChI is InChI=1S/C13H13N3O6S/c1-7-10(11(17)15-13(19)14-7)23(20,21)16-9-6-4-3-5-8(9)12(18)22-2/h3-6,16H,1-2H3,(H2,14,15,17,19). The van der Waals surface area contributed by atoms with E-state index in [1.807, 2.05) is 4.98 Å². The van der Waals surface area contributed by atoms with Gasteiger partial charge >= 0.3 is 11.7 Å². The number of para-hydroxylation sites is 1. The Balaban J connectivity index is 2.55. The zero-order chi connectivity index (χ0) is 17.2. The van der Waals surface area contributed by atoms with Crippen molar-refractivity contribution in [1.82, 2.24) is 9.97 Å². The summed E-state index contributed by atoms with van der Waals surface area (Å²) in [5, 5.41) is 0. The highest BCUT2D eigenvalue weighted by Gasteiger charge is 2.24. The van der Waals surface area contributed by atoms with Crippen molar-refractivity contribution in [2.24, 2.45) is 0 Å². The summed E-state index contributed by atoms with van der Waals surface area (Å²) >= 11 is 0. The molecule has 1 heterocycles. The number of ether oxygens (including phenoxy) is 1. The number of methoxy groups -OCH3 is 1. The molecule has 0 unspecified atom stereocenters. The molecule has 0 amide bonds. The Labute approximate surface area is 130 Å². The number of anilines is 1. The van der Waals surface area contributed by atoms with Crippen LogP contribution in [0.2, 0.25) is 0 Å². The maximum absolute atomic E-state index is 12.4. The van der Waals surface area contributed by atoms with Gasteiger partial charge in [0.2, 0.25) is 0 Å². The molecule has 0 saturated carbocycles. The molecule has 0 aliphatic rings. The van der Waals surface area contributed by atoms with Crippen molar-refractivity contribution in [3.05, 3.63) is 56.4 Å². The van der Waals surface area contributed by atoms with Crippen LogP contribution >= 0.6 is 0 Å². The van der Waals surface area contributed by atoms with E-state index < -0.39 is 32.1 Å². The van der Waals surface area contributed by atoms with Crippen molar-refractivity contribution in [3.63, 3.8) is 0 Å². The van der Waals surface area contributed by atoms with Crippen LogP contribution in [-0.4, -0.2) is 31.5 Å². The largest absolute Gasteiger partial charge is 0.465 e. The van der Waals surface area contributed by atoms with E-state index >= 15 is 0 Å². The summed E-state index contributed by atoms with van der Waals surface area (Å²) in [4.78, 5) is 38.0. The molecule has 10 heteroatoms. The van der Waals surface area contributed by atoms with Gasteiger partial charge < -0.3 is 9.72 Å². The van der Waals surface area contributed by atoms with E-state index in [9.17, 15) is 22.8 Å². The molecule has 0 bridgehead atoms. The molecule has 0 fully saturated rings. The number of benzene rings is 1. The molecular weight excluding hydrogens is 326 g/mol. The summed E-state index contributed by atoms with van der Waals surface area (Å²) in [6.45, 7) is 1.28. The van der Waals surface area contributed by atoms with Gasteiger partial charge in [-0.25, -0.2) is 18.0 Å². The van der Waals surface area contributed by atoms with Crippen molar-refractivity contribution in [3.8, 4) is 0 Å². The SMILES string of the molecule is COC(=O)c1ccccc1NS(=O)(=O)c1c(C)[nH]c(=O)[nH]c1=O. The second-order valence-electron chi connectivity index (χ2n) is 4.51. The average Bonchev–Trinajstić information content (AvgIpc) is 2.45. The minimum atomic E-state index is -4.33. The van der Waals surface area contributed by atoms with Crippen molar-refractivity contribution in [2.45, 2.75) is 11.8 Å². The Hall–Kier alpha value is -2.88. The van der Waals surface area contributed by atoms with E-state index in [0.717, 1.165) is 7.11 Å². The first-order valence-corrected chi connectivity index (χ1v) is 7.78. The third-order valence-corrected chi connectivity index (χ3v) is 4.44. The number of aryl methyl sites for hydroxylation is 1. The van der Waals surface area contributed by atoms with Gasteiger partial charge in [-0.05, 0) is 19.1 Å². The highest BCUT2D eigenvalue weighted by molar-refractivity contribution is 7.92. The topological polar surface area (TPSA) is 138 Å². The van der Waals surface area contributed by atoms with Gasteiger partial charge in [0.1, 0.15) is 0 Å². The van der Waals surface area contributed by atoms with Crippen LogP contribution in [0.5, 0.6) is 0 Å². The number of carbonyl (C=O) groups excluding carboxylic acids is 1. The summed E-state index contributed by atoms with van der Waals surface area (Å²) in [6.07, 6.45) is 0. The zero-order valence-corrected chi connectivity index (χ0v) is 13.0. The smallest absolute Gasteiger partial charge is 0.339 e. The van der Waals surface area contributed by atoms with Gasteiger partial charge in [-0.15, -0.1) is 0 Å². The first kappa shape index (κ1) is 16.5. The number of aromatic amines is 2. The van der Waals surface area contributed by atoms with Crippen molar-refractivity contribution < 1.29 is 17.9 Å². The first-order chi connectivity index (χ1) is 10.8. The molecule has 9 nitrogen and oxygen atoms in total. The normalized spacial score (nSPS) is 11.0. The number of aromatic nitrogens is 2. The summed E-state index contributed by atoms with van der Waals surface area (Å²) < 4.78 is 31.5. The number of rotatable bonds is 4. The minimum absolute atomic E-state index is 0.0166. The quantitative estimate of drug-likeness (QED) is 0.668. The molecule has 0 radical (unpaired) electrons. The highest BCUT2D eigenvalue weighted by Crippen LogP contribution is 2.20. The molecule has 0 aliphatic carbocycles. The molecule has 2 aromatic rings. The molecule has 2 rings (SSSR count). The monoisotopic (exact) mass is 339 g/mol. The van der Waals surface area contributed by atoms with Crippen molar-refractivity contribution >= 4 is 21.7 Å². The zero-order valence-electron chi connectivity index (χ0n) is 12.2. The predicted molar refractivity (Wildman–Crippen MR) is 81.0 cm³/mol. The van der Waals surface area contributed by atoms with E-state index in [-0.39, 0.29) is 16.9 Å². The molecule has 23 heavy (non-hydrogen) atoms. The lowest BCUT2D eigenvalue weighted by Crippen LogP contribution is -2.31. The molecule has 3 N–H and O–H groups in total. The number of sulfonamides is 1. The third-order valence-electron chi connectivity index (χ3n) is 2.92. The summed E-state index contributed by atoms with van der Waals surface area (Å²) in [5.74, 6) is -0.740. The van der Waals surface area contributed by atoms with Crippen LogP contribution in [0.1, 0.15) is 16.1 Å². The number of carbonyl (C=O) groups is 1. The maximum Gasteiger partial charge on any atom is 0.339 e. The van der Waals surface area contributed by atoms with Crippen molar-refractivity contribution in [1.29, 1.82) is 0 Å². The minimum Gasteiger partial charge on any atom is -0.465 e. The summed E-state index contributed by atoms with van der Waals surface area (Å²) in [6, 6.07) is 5.75. The van der Waals surface area contributed by atoms with E-state index in [2.05, 4.69) is 14.4 Å². The Morgan fingerprint density at radius 2 is 1.83 bits per heavy atom. The Kier molecular flexibility index (Phi) is 4.36. The van der Waals surface area contributed by atoms with Crippen LogP contribution in [0.4, 0.5) is 5.69 Å². The Morgan fingerprint density at radius 1 is 1.17 bits per heavy atom. The molecule has 1 aromatic heterocycles.